The number of rotatable bonds is 2. The number of esters is 1. The molecule has 1 N–H and O–H groups in total. The van der Waals surface area contributed by atoms with Gasteiger partial charge in [0.25, 0.3) is 5.56 Å². The van der Waals surface area contributed by atoms with Crippen molar-refractivity contribution in [1.82, 2.24) is 9.55 Å². The monoisotopic (exact) mass is 452 g/mol. The molecule has 9 nitrogen and oxygen atoms in total. The molecule has 2 aromatic heterocycles. The van der Waals surface area contributed by atoms with E-state index in [1.54, 1.807) is 28.8 Å². The Hall–Kier alpha value is -3.72. The largest absolute Gasteiger partial charge is 0.513 e. The van der Waals surface area contributed by atoms with E-state index in [0.29, 0.717) is 35.6 Å². The SMILES string of the molecule is CC.CCc1c2c(nc3ccc(OC(=O)OC)cc13)-c1cc3c(c(=O)n1C2)COC(=O)C3O. The maximum Gasteiger partial charge on any atom is 0.513 e. The van der Waals surface area contributed by atoms with Crippen LogP contribution in [0.2, 0.25) is 0 Å². The van der Waals surface area contributed by atoms with Crippen LogP contribution >= 0.6 is 0 Å². The summed E-state index contributed by atoms with van der Waals surface area (Å²) in [6, 6.07) is 6.73. The highest BCUT2D eigenvalue weighted by atomic mass is 16.7. The molecule has 4 heterocycles. The fraction of sp³-hybridized carbons (Fsp3) is 0.333. The van der Waals surface area contributed by atoms with Crippen LogP contribution in [0.3, 0.4) is 0 Å². The van der Waals surface area contributed by atoms with Crippen molar-refractivity contribution in [2.45, 2.75) is 46.4 Å². The zero-order chi connectivity index (χ0) is 23.9. The molecule has 1 unspecified atom stereocenters. The van der Waals surface area contributed by atoms with Gasteiger partial charge in [0.05, 0.1) is 36.1 Å². The van der Waals surface area contributed by atoms with Gasteiger partial charge in [0.2, 0.25) is 0 Å². The molecule has 0 fully saturated rings. The minimum Gasteiger partial charge on any atom is -0.458 e. The van der Waals surface area contributed by atoms with Gasteiger partial charge in [-0.05, 0) is 36.2 Å². The first-order valence-electron chi connectivity index (χ1n) is 10.8. The van der Waals surface area contributed by atoms with Crippen LogP contribution in [0.1, 0.15) is 49.1 Å². The summed E-state index contributed by atoms with van der Waals surface area (Å²) in [5.41, 5.74) is 3.96. The van der Waals surface area contributed by atoms with Gasteiger partial charge in [-0.25, -0.2) is 14.6 Å². The molecule has 0 radical (unpaired) electrons. The van der Waals surface area contributed by atoms with Crippen LogP contribution in [0.25, 0.3) is 22.3 Å². The molecule has 3 aromatic rings. The van der Waals surface area contributed by atoms with Crippen molar-refractivity contribution in [2.75, 3.05) is 7.11 Å². The second-order valence-corrected chi connectivity index (χ2v) is 7.37. The zero-order valence-electron chi connectivity index (χ0n) is 18.8. The van der Waals surface area contributed by atoms with Crippen molar-refractivity contribution >= 4 is 23.0 Å². The van der Waals surface area contributed by atoms with Gasteiger partial charge in [-0.2, -0.15) is 0 Å². The van der Waals surface area contributed by atoms with Gasteiger partial charge in [0.1, 0.15) is 12.4 Å². The van der Waals surface area contributed by atoms with Crippen LogP contribution in [0, 0.1) is 0 Å². The van der Waals surface area contributed by atoms with E-state index in [0.717, 1.165) is 16.5 Å². The molecule has 33 heavy (non-hydrogen) atoms. The van der Waals surface area contributed by atoms with Crippen molar-refractivity contribution in [2.24, 2.45) is 0 Å². The summed E-state index contributed by atoms with van der Waals surface area (Å²) >= 11 is 0. The van der Waals surface area contributed by atoms with E-state index in [4.69, 9.17) is 14.5 Å². The molecule has 9 heteroatoms. The van der Waals surface area contributed by atoms with Gasteiger partial charge in [0.15, 0.2) is 6.10 Å². The number of benzene rings is 1. The van der Waals surface area contributed by atoms with E-state index in [2.05, 4.69) is 4.74 Å². The lowest BCUT2D eigenvalue weighted by Crippen LogP contribution is -2.32. The molecule has 0 aliphatic carbocycles. The molecule has 5 rings (SSSR count). The smallest absolute Gasteiger partial charge is 0.458 e. The third-order valence-corrected chi connectivity index (χ3v) is 5.77. The van der Waals surface area contributed by atoms with Gasteiger partial charge in [-0.1, -0.05) is 20.8 Å². The van der Waals surface area contributed by atoms with E-state index >= 15 is 0 Å². The molecule has 0 amide bonds. The van der Waals surface area contributed by atoms with Crippen molar-refractivity contribution in [3.05, 3.63) is 56.9 Å². The van der Waals surface area contributed by atoms with Crippen LogP contribution in [0.5, 0.6) is 5.75 Å². The summed E-state index contributed by atoms with van der Waals surface area (Å²) in [6.07, 6.45) is -1.64. The zero-order valence-corrected chi connectivity index (χ0v) is 18.8. The van der Waals surface area contributed by atoms with Crippen molar-refractivity contribution in [3.63, 3.8) is 0 Å². The molecular formula is C24H24N2O7. The van der Waals surface area contributed by atoms with E-state index in [1.165, 1.54) is 7.11 Å². The van der Waals surface area contributed by atoms with Crippen LogP contribution in [-0.2, 0) is 33.8 Å². The van der Waals surface area contributed by atoms with Crippen LogP contribution in [0.4, 0.5) is 4.79 Å². The lowest BCUT2D eigenvalue weighted by Gasteiger charge is -2.21. The summed E-state index contributed by atoms with van der Waals surface area (Å²) in [5.74, 6) is -0.438. The van der Waals surface area contributed by atoms with Crippen LogP contribution in [0.15, 0.2) is 29.1 Å². The molecule has 0 spiro atoms. The second-order valence-electron chi connectivity index (χ2n) is 7.37. The first-order valence-corrected chi connectivity index (χ1v) is 10.8. The number of aromatic nitrogens is 2. The highest BCUT2D eigenvalue weighted by Gasteiger charge is 2.34. The Morgan fingerprint density at radius 2 is 2.00 bits per heavy atom. The summed E-state index contributed by atoms with van der Waals surface area (Å²) in [4.78, 5) is 41.1. The highest BCUT2D eigenvalue weighted by molar-refractivity contribution is 5.89. The average Bonchev–Trinajstić information content (AvgIpc) is 3.20. The molecule has 1 atom stereocenters. The molecule has 2 aliphatic rings. The molecular weight excluding hydrogens is 428 g/mol. The maximum absolute atomic E-state index is 13.1. The summed E-state index contributed by atoms with van der Waals surface area (Å²) in [6.45, 7) is 6.15. The maximum atomic E-state index is 13.1. The fourth-order valence-corrected chi connectivity index (χ4v) is 4.29. The quantitative estimate of drug-likeness (QED) is 0.364. The number of aliphatic hydroxyl groups excluding tert-OH is 1. The predicted molar refractivity (Wildman–Crippen MR) is 119 cm³/mol. The molecule has 2 aliphatic heterocycles. The normalized spacial score (nSPS) is 15.5. The Morgan fingerprint density at radius 1 is 1.24 bits per heavy atom. The fourth-order valence-electron chi connectivity index (χ4n) is 4.29. The Labute approximate surface area is 189 Å². The minimum atomic E-state index is -1.49. The average molecular weight is 452 g/mol. The van der Waals surface area contributed by atoms with Crippen LogP contribution < -0.4 is 10.3 Å². The predicted octanol–water partition coefficient (Wildman–Crippen LogP) is 3.25. The number of fused-ring (bicyclic) bond motifs is 5. The lowest BCUT2D eigenvalue weighted by atomic mass is 9.97. The molecule has 0 bridgehead atoms. The highest BCUT2D eigenvalue weighted by Crippen LogP contribution is 2.38. The Balaban J connectivity index is 0.00000126. The van der Waals surface area contributed by atoms with Gasteiger partial charge in [-0.3, -0.25) is 4.79 Å². The number of aryl methyl sites for hydroxylation is 1. The number of carbonyl (C=O) groups excluding carboxylic acids is 2. The van der Waals surface area contributed by atoms with Crippen molar-refractivity contribution < 1.29 is 28.9 Å². The number of aliphatic hydroxyl groups is 1. The first-order chi connectivity index (χ1) is 15.9. The molecule has 1 aromatic carbocycles. The number of carbonyl (C=O) groups is 2. The van der Waals surface area contributed by atoms with Gasteiger partial charge in [-0.15, -0.1) is 0 Å². The Morgan fingerprint density at radius 3 is 2.70 bits per heavy atom. The summed E-state index contributed by atoms with van der Waals surface area (Å²) < 4.78 is 16.2. The topological polar surface area (TPSA) is 117 Å². The first kappa shape index (κ1) is 22.5. The molecule has 0 saturated heterocycles. The number of hydrogen-bond acceptors (Lipinski definition) is 8. The van der Waals surface area contributed by atoms with Gasteiger partial charge < -0.3 is 23.9 Å². The Bertz CT molecular complexity index is 1340. The number of cyclic esters (lactones) is 1. The number of methoxy groups -OCH3 is 1. The third-order valence-electron chi connectivity index (χ3n) is 5.77. The van der Waals surface area contributed by atoms with E-state index in [9.17, 15) is 19.5 Å². The summed E-state index contributed by atoms with van der Waals surface area (Å²) in [7, 11) is 1.24. The van der Waals surface area contributed by atoms with Crippen LogP contribution in [-0.4, -0.2) is 33.9 Å². The second kappa shape index (κ2) is 8.67. The lowest BCUT2D eigenvalue weighted by molar-refractivity contribution is -0.157. The number of nitrogens with zero attached hydrogens (tertiary/aromatic N) is 2. The van der Waals surface area contributed by atoms with E-state index in [1.807, 2.05) is 20.8 Å². The van der Waals surface area contributed by atoms with Gasteiger partial charge in [0, 0.05) is 16.5 Å². The van der Waals surface area contributed by atoms with Gasteiger partial charge >= 0.3 is 12.1 Å². The molecule has 0 saturated carbocycles. The third kappa shape index (κ3) is 3.54. The summed E-state index contributed by atoms with van der Waals surface area (Å²) in [5, 5.41) is 11.0. The number of pyridine rings is 2. The van der Waals surface area contributed by atoms with E-state index < -0.39 is 18.2 Å². The standard InChI is InChI=1S/C22H18N2O7.C2H6/c1-3-11-12-6-10(31-22(28)29-2)4-5-16(12)23-18-14(11)8-24-17(18)7-13-15(20(24)26)9-30-21(27)19(13)25;1-2/h4-7,19,25H,3,8-9H2,1-2H3;1-2H3. The number of ether oxygens (including phenoxy) is 3. The van der Waals surface area contributed by atoms with Crippen molar-refractivity contribution in [3.8, 4) is 17.1 Å². The van der Waals surface area contributed by atoms with E-state index in [-0.39, 0.29) is 23.3 Å². The van der Waals surface area contributed by atoms with Crippen molar-refractivity contribution in [1.29, 1.82) is 0 Å². The Kier molecular flexibility index (Phi) is 5.90. The molecule has 172 valence electrons. The minimum absolute atomic E-state index is 0.162. The number of hydrogen-bond donors (Lipinski definition) is 1.